The molecule has 1 fully saturated rings. The average molecular weight is 691 g/mol. The molecule has 10 heteroatoms. The number of halogens is 2. The Morgan fingerprint density at radius 2 is 1.52 bits per heavy atom. The Hall–Kier alpha value is -4.11. The smallest absolute Gasteiger partial charge is 0.228 e. The number of nitrogens with zero attached hydrogens (tertiary/aromatic N) is 1. The van der Waals surface area contributed by atoms with Gasteiger partial charge in [0, 0.05) is 12.0 Å². The van der Waals surface area contributed by atoms with Gasteiger partial charge >= 0.3 is 0 Å². The van der Waals surface area contributed by atoms with E-state index in [1.54, 1.807) is 18.2 Å². The van der Waals surface area contributed by atoms with Crippen LogP contribution in [0.3, 0.4) is 0 Å². The van der Waals surface area contributed by atoms with Gasteiger partial charge in [0.05, 0.1) is 42.5 Å². The van der Waals surface area contributed by atoms with Crippen LogP contribution in [0.25, 0.3) is 10.8 Å². The predicted octanol–water partition coefficient (Wildman–Crippen LogP) is 7.63. The molecule has 1 amide bonds. The zero-order valence-electron chi connectivity index (χ0n) is 27.7. The number of benzene rings is 4. The third-order valence-electron chi connectivity index (χ3n) is 9.85. The number of primary amides is 1. The summed E-state index contributed by atoms with van der Waals surface area (Å²) in [4.78, 5) is 29.0. The second-order valence-corrected chi connectivity index (χ2v) is 13.5. The fourth-order valence-electron chi connectivity index (χ4n) is 6.79. The van der Waals surface area contributed by atoms with Crippen molar-refractivity contribution in [2.75, 3.05) is 41.0 Å². The molecule has 0 aromatic heterocycles. The first-order chi connectivity index (χ1) is 22.9. The molecule has 4 aromatic carbocycles. The minimum Gasteiger partial charge on any atom is -0.493 e. The van der Waals surface area contributed by atoms with Crippen LogP contribution in [0.2, 0.25) is 10.0 Å². The van der Waals surface area contributed by atoms with Crippen LogP contribution < -0.4 is 19.9 Å². The molecule has 48 heavy (non-hydrogen) atoms. The number of ketones is 1. The number of likely N-dealkylation sites (tertiary alicyclic amines) is 1. The van der Waals surface area contributed by atoms with Crippen LogP contribution in [0.5, 0.6) is 17.2 Å². The van der Waals surface area contributed by atoms with E-state index in [0.717, 1.165) is 21.9 Å². The molecule has 4 aromatic rings. The molecular weight excluding hydrogens is 649 g/mol. The summed E-state index contributed by atoms with van der Waals surface area (Å²) >= 11 is 12.7. The Labute approximate surface area is 291 Å². The summed E-state index contributed by atoms with van der Waals surface area (Å²) in [6, 6.07) is 22.9. The number of carbonyl (C=O) groups is 2. The van der Waals surface area contributed by atoms with Crippen molar-refractivity contribution in [2.24, 2.45) is 5.73 Å². The molecule has 0 radical (unpaired) electrons. The van der Waals surface area contributed by atoms with E-state index in [9.17, 15) is 9.59 Å². The zero-order chi connectivity index (χ0) is 34.6. The number of ether oxygens (including phenoxy) is 3. The summed E-state index contributed by atoms with van der Waals surface area (Å²) in [5.74, 6) is 0.283. The van der Waals surface area contributed by atoms with Crippen LogP contribution in [0, 0.1) is 5.41 Å². The highest BCUT2D eigenvalue weighted by Crippen LogP contribution is 2.41. The lowest BCUT2D eigenvalue weighted by atomic mass is 9.71. The first-order valence-electron chi connectivity index (χ1n) is 15.8. The van der Waals surface area contributed by atoms with Crippen LogP contribution in [-0.2, 0) is 15.6 Å². The summed E-state index contributed by atoms with van der Waals surface area (Å²) in [7, 11) is 4.45. The maximum absolute atomic E-state index is 13.7. The van der Waals surface area contributed by atoms with Gasteiger partial charge in [-0.3, -0.25) is 9.59 Å². The molecule has 1 aliphatic rings. The minimum atomic E-state index is -0.747. The van der Waals surface area contributed by atoms with Crippen molar-refractivity contribution in [3.8, 4) is 17.2 Å². The molecular formula is C38H41Cl2N3O5. The van der Waals surface area contributed by atoms with Gasteiger partial charge < -0.3 is 30.3 Å². The summed E-state index contributed by atoms with van der Waals surface area (Å²) < 4.78 is 16.3. The van der Waals surface area contributed by atoms with E-state index in [-0.39, 0.29) is 23.6 Å². The van der Waals surface area contributed by atoms with Crippen molar-refractivity contribution >= 4 is 51.4 Å². The van der Waals surface area contributed by atoms with Crippen LogP contribution in [-0.4, -0.2) is 63.3 Å². The van der Waals surface area contributed by atoms with Crippen molar-refractivity contribution in [2.45, 2.75) is 43.4 Å². The largest absolute Gasteiger partial charge is 0.493 e. The normalized spacial score (nSPS) is 15.8. The highest BCUT2D eigenvalue weighted by Gasteiger charge is 2.42. The van der Waals surface area contributed by atoms with Crippen molar-refractivity contribution in [3.63, 3.8) is 0 Å². The molecule has 3 N–H and O–H groups in total. The molecule has 1 saturated heterocycles. The highest BCUT2D eigenvalue weighted by molar-refractivity contribution is 6.45. The van der Waals surface area contributed by atoms with Crippen molar-refractivity contribution in [1.82, 2.24) is 4.90 Å². The zero-order valence-corrected chi connectivity index (χ0v) is 29.2. The quantitative estimate of drug-likeness (QED) is 0.110. The van der Waals surface area contributed by atoms with Gasteiger partial charge in [-0.1, -0.05) is 78.7 Å². The Morgan fingerprint density at radius 3 is 2.10 bits per heavy atom. The number of methoxy groups -OCH3 is 3. The van der Waals surface area contributed by atoms with Gasteiger partial charge in [0.1, 0.15) is 0 Å². The van der Waals surface area contributed by atoms with Gasteiger partial charge in [-0.25, -0.2) is 0 Å². The van der Waals surface area contributed by atoms with E-state index >= 15 is 0 Å². The molecule has 1 unspecified atom stereocenters. The van der Waals surface area contributed by atoms with Crippen molar-refractivity contribution < 1.29 is 23.8 Å². The fourth-order valence-corrected chi connectivity index (χ4v) is 7.09. The van der Waals surface area contributed by atoms with Crippen molar-refractivity contribution in [3.05, 3.63) is 99.5 Å². The number of piperidine rings is 1. The predicted molar refractivity (Wildman–Crippen MR) is 192 cm³/mol. The molecule has 1 atom stereocenters. The molecule has 1 aliphatic heterocycles. The number of Topliss-reactive ketones (excluding diaryl/α,β-unsaturated/α-hetero) is 1. The molecule has 8 nitrogen and oxygen atoms in total. The van der Waals surface area contributed by atoms with E-state index in [4.69, 9.17) is 48.6 Å². The second kappa shape index (κ2) is 14.6. The van der Waals surface area contributed by atoms with Gasteiger partial charge in [-0.05, 0) is 90.5 Å². The van der Waals surface area contributed by atoms with E-state index < -0.39 is 16.6 Å². The minimum absolute atomic E-state index is 0.0689. The molecule has 0 bridgehead atoms. The van der Waals surface area contributed by atoms with Gasteiger partial charge in [0.2, 0.25) is 17.4 Å². The van der Waals surface area contributed by atoms with E-state index in [2.05, 4.69) is 29.2 Å². The van der Waals surface area contributed by atoms with Crippen LogP contribution in [0.4, 0.5) is 0 Å². The third kappa shape index (κ3) is 7.02. The number of carbonyl (C=O) groups excluding carboxylic acids is 2. The van der Waals surface area contributed by atoms with Crippen molar-refractivity contribution in [1.29, 1.82) is 5.41 Å². The first kappa shape index (κ1) is 35.2. The van der Waals surface area contributed by atoms with Gasteiger partial charge in [0.25, 0.3) is 0 Å². The Balaban J connectivity index is 1.36. The summed E-state index contributed by atoms with van der Waals surface area (Å²) in [6.45, 7) is 4.06. The fraction of sp³-hybridized carbons (Fsp3) is 0.342. The Kier molecular flexibility index (Phi) is 10.7. The molecule has 0 saturated carbocycles. The number of nitrogens with one attached hydrogen (secondary N) is 1. The lowest BCUT2D eigenvalue weighted by Crippen LogP contribution is -2.50. The number of nitrogens with two attached hydrogens (primary N) is 1. The van der Waals surface area contributed by atoms with Crippen LogP contribution in [0.1, 0.15) is 54.1 Å². The lowest BCUT2D eigenvalue weighted by molar-refractivity contribution is -0.125. The summed E-state index contributed by atoms with van der Waals surface area (Å²) in [5.41, 5.74) is 6.73. The summed E-state index contributed by atoms with van der Waals surface area (Å²) in [6.07, 6.45) is 1.96. The van der Waals surface area contributed by atoms with Gasteiger partial charge in [0.15, 0.2) is 11.5 Å². The van der Waals surface area contributed by atoms with E-state index in [0.29, 0.717) is 66.2 Å². The molecule has 1 heterocycles. The monoisotopic (exact) mass is 689 g/mol. The van der Waals surface area contributed by atoms with Gasteiger partial charge in [-0.15, -0.1) is 0 Å². The molecule has 0 aliphatic carbocycles. The maximum Gasteiger partial charge on any atom is 0.228 e. The topological polar surface area (TPSA) is 115 Å². The lowest BCUT2D eigenvalue weighted by Gasteiger charge is -2.41. The standard InChI is InChI=1S/C38H41Cl2N3O5/c1-37(27-11-12-29(39)30(40)22-27,23-31(41)34(44)26-20-32(46-2)35(48-4)33(21-26)47-3)13-16-43-17-14-38(15-18-43,36(42)45)28-10-9-24-7-5-6-8-25(24)19-28/h5-12,19-22,41H,13-18,23H2,1-4H3,(H2,42,45). The number of hydrogen-bond donors (Lipinski definition) is 2. The highest BCUT2D eigenvalue weighted by atomic mass is 35.5. The van der Waals surface area contributed by atoms with Crippen LogP contribution >= 0.6 is 23.2 Å². The average Bonchev–Trinajstić information content (AvgIpc) is 3.10. The van der Waals surface area contributed by atoms with E-state index in [1.165, 1.54) is 21.3 Å². The number of rotatable bonds is 13. The number of hydrogen-bond acceptors (Lipinski definition) is 7. The molecule has 5 rings (SSSR count). The second-order valence-electron chi connectivity index (χ2n) is 12.7. The number of amides is 1. The van der Waals surface area contributed by atoms with E-state index in [1.807, 2.05) is 37.3 Å². The Morgan fingerprint density at radius 1 is 0.875 bits per heavy atom. The first-order valence-corrected chi connectivity index (χ1v) is 16.6. The SMILES string of the molecule is COc1cc(C(=O)C(=N)CC(C)(CCN2CCC(C(N)=O)(c3ccc4ccccc4c3)CC2)c2ccc(Cl)c(Cl)c2)cc(OC)c1OC. The van der Waals surface area contributed by atoms with Gasteiger partial charge in [-0.2, -0.15) is 0 Å². The number of fused-ring (bicyclic) bond motifs is 1. The molecule has 0 spiro atoms. The maximum atomic E-state index is 13.7. The summed E-state index contributed by atoms with van der Waals surface area (Å²) in [5, 5.41) is 12.0. The Bertz CT molecular complexity index is 1830. The molecule has 252 valence electrons. The van der Waals surface area contributed by atoms with Crippen LogP contribution in [0.15, 0.2) is 72.8 Å². The third-order valence-corrected chi connectivity index (χ3v) is 10.6.